The molecule has 0 bridgehead atoms. The van der Waals surface area contributed by atoms with Crippen molar-refractivity contribution in [2.45, 2.75) is 58.6 Å². The lowest BCUT2D eigenvalue weighted by Gasteiger charge is -2.35. The van der Waals surface area contributed by atoms with Gasteiger partial charge in [0.05, 0.1) is 11.3 Å². The Bertz CT molecular complexity index is 385. The van der Waals surface area contributed by atoms with Gasteiger partial charge in [0.15, 0.2) is 0 Å². The molecule has 0 spiro atoms. The zero-order valence-electron chi connectivity index (χ0n) is 11.6. The van der Waals surface area contributed by atoms with Crippen molar-refractivity contribution in [1.82, 2.24) is 10.3 Å². The van der Waals surface area contributed by atoms with Gasteiger partial charge in [0.1, 0.15) is 5.01 Å². The maximum atomic E-state index is 10.5. The highest BCUT2D eigenvalue weighted by Crippen LogP contribution is 2.31. The molecule has 4 heteroatoms. The summed E-state index contributed by atoms with van der Waals surface area (Å²) >= 11 is 1.75. The summed E-state index contributed by atoms with van der Waals surface area (Å²) in [6, 6.07) is 0. The highest BCUT2D eigenvalue weighted by Gasteiger charge is 2.32. The Morgan fingerprint density at radius 1 is 1.50 bits per heavy atom. The van der Waals surface area contributed by atoms with Gasteiger partial charge in [-0.1, -0.05) is 19.8 Å². The average molecular weight is 268 g/mol. The summed E-state index contributed by atoms with van der Waals surface area (Å²) < 4.78 is 0. The van der Waals surface area contributed by atoms with Crippen LogP contribution in [0.1, 0.15) is 48.2 Å². The summed E-state index contributed by atoms with van der Waals surface area (Å²) in [6.45, 7) is 7.85. The molecular formula is C14H24N2OS. The molecule has 0 amide bonds. The molecular weight excluding hydrogens is 244 g/mol. The zero-order chi connectivity index (χ0) is 13.2. The van der Waals surface area contributed by atoms with Crippen LogP contribution in [0.4, 0.5) is 0 Å². The van der Waals surface area contributed by atoms with E-state index < -0.39 is 5.60 Å². The highest BCUT2D eigenvalue weighted by atomic mass is 32.1. The van der Waals surface area contributed by atoms with Crippen molar-refractivity contribution in [3.63, 3.8) is 0 Å². The van der Waals surface area contributed by atoms with Gasteiger partial charge in [-0.05, 0) is 32.6 Å². The molecule has 102 valence electrons. The lowest BCUT2D eigenvalue weighted by molar-refractivity contribution is -0.0119. The van der Waals surface area contributed by atoms with E-state index in [1.165, 1.54) is 11.3 Å². The fourth-order valence-corrected chi connectivity index (χ4v) is 3.71. The van der Waals surface area contributed by atoms with Crippen LogP contribution in [0.15, 0.2) is 0 Å². The van der Waals surface area contributed by atoms with E-state index in [1.54, 1.807) is 11.3 Å². The molecule has 2 atom stereocenters. The van der Waals surface area contributed by atoms with Gasteiger partial charge < -0.3 is 10.4 Å². The third kappa shape index (κ3) is 3.53. The number of hydrogen-bond donors (Lipinski definition) is 2. The van der Waals surface area contributed by atoms with Crippen molar-refractivity contribution < 1.29 is 5.11 Å². The Labute approximate surface area is 114 Å². The van der Waals surface area contributed by atoms with Gasteiger partial charge in [0.25, 0.3) is 0 Å². The largest absolute Gasteiger partial charge is 0.389 e. The standard InChI is InChI=1S/C14H24N2OS/c1-10-5-4-6-14(17,7-10)9-15-8-13-16-11(2)12(3)18-13/h10,15,17H,4-9H2,1-3H3. The molecule has 3 nitrogen and oxygen atoms in total. The fourth-order valence-electron chi connectivity index (χ4n) is 2.81. The molecule has 1 aromatic heterocycles. The molecule has 0 radical (unpaired) electrons. The smallest absolute Gasteiger partial charge is 0.107 e. The van der Waals surface area contributed by atoms with E-state index in [0.29, 0.717) is 12.5 Å². The average Bonchev–Trinajstić information content (AvgIpc) is 2.57. The quantitative estimate of drug-likeness (QED) is 0.882. The first-order valence-corrected chi connectivity index (χ1v) is 7.66. The Morgan fingerprint density at radius 2 is 2.28 bits per heavy atom. The summed E-state index contributed by atoms with van der Waals surface area (Å²) in [5.41, 5.74) is 0.626. The minimum absolute atomic E-state index is 0.501. The summed E-state index contributed by atoms with van der Waals surface area (Å²) in [6.07, 6.45) is 4.26. The van der Waals surface area contributed by atoms with Gasteiger partial charge in [-0.15, -0.1) is 11.3 Å². The molecule has 0 saturated heterocycles. The van der Waals surface area contributed by atoms with Gasteiger partial charge >= 0.3 is 0 Å². The molecule has 2 unspecified atom stereocenters. The summed E-state index contributed by atoms with van der Waals surface area (Å²) in [4.78, 5) is 5.79. The second kappa shape index (κ2) is 5.68. The number of aliphatic hydroxyl groups is 1. The van der Waals surface area contributed by atoms with Crippen molar-refractivity contribution in [2.75, 3.05) is 6.54 Å². The lowest BCUT2D eigenvalue weighted by Crippen LogP contribution is -2.43. The Kier molecular flexibility index (Phi) is 4.41. The second-order valence-electron chi connectivity index (χ2n) is 5.78. The van der Waals surface area contributed by atoms with E-state index in [4.69, 9.17) is 0 Å². The molecule has 18 heavy (non-hydrogen) atoms. The van der Waals surface area contributed by atoms with E-state index in [9.17, 15) is 5.11 Å². The SMILES string of the molecule is Cc1nc(CNCC2(O)CCCC(C)C2)sc1C. The van der Waals surface area contributed by atoms with Gasteiger partial charge in [-0.2, -0.15) is 0 Å². The van der Waals surface area contributed by atoms with Crippen LogP contribution in [0.2, 0.25) is 0 Å². The monoisotopic (exact) mass is 268 g/mol. The van der Waals surface area contributed by atoms with Crippen LogP contribution >= 0.6 is 11.3 Å². The van der Waals surface area contributed by atoms with Crippen LogP contribution in [0.25, 0.3) is 0 Å². The van der Waals surface area contributed by atoms with Crippen LogP contribution in [-0.4, -0.2) is 22.2 Å². The molecule has 1 aromatic rings. The number of aryl methyl sites for hydroxylation is 2. The van der Waals surface area contributed by atoms with Crippen molar-refractivity contribution in [3.05, 3.63) is 15.6 Å². The molecule has 1 fully saturated rings. The van der Waals surface area contributed by atoms with Gasteiger partial charge in [0, 0.05) is 18.0 Å². The van der Waals surface area contributed by atoms with Crippen molar-refractivity contribution >= 4 is 11.3 Å². The first-order valence-electron chi connectivity index (χ1n) is 6.84. The molecule has 0 aliphatic heterocycles. The summed E-state index contributed by atoms with van der Waals surface area (Å²) in [7, 11) is 0. The summed E-state index contributed by atoms with van der Waals surface area (Å²) in [5.74, 6) is 0.648. The molecule has 1 aliphatic rings. The van der Waals surface area contributed by atoms with Crippen LogP contribution in [0.3, 0.4) is 0 Å². The van der Waals surface area contributed by atoms with E-state index in [2.05, 4.69) is 24.1 Å². The highest BCUT2D eigenvalue weighted by molar-refractivity contribution is 7.11. The lowest BCUT2D eigenvalue weighted by atomic mass is 9.79. The Balaban J connectivity index is 1.81. The first-order chi connectivity index (χ1) is 8.48. The predicted molar refractivity (Wildman–Crippen MR) is 75.9 cm³/mol. The van der Waals surface area contributed by atoms with E-state index in [0.717, 1.165) is 36.5 Å². The molecule has 1 heterocycles. The number of rotatable bonds is 4. The van der Waals surface area contributed by atoms with E-state index >= 15 is 0 Å². The molecule has 0 aromatic carbocycles. The third-order valence-electron chi connectivity index (χ3n) is 3.87. The minimum atomic E-state index is -0.501. The normalized spacial score (nSPS) is 28.6. The fraction of sp³-hybridized carbons (Fsp3) is 0.786. The van der Waals surface area contributed by atoms with E-state index in [1.807, 2.05) is 6.92 Å². The Hall–Kier alpha value is -0.450. The molecule has 1 saturated carbocycles. The third-order valence-corrected chi connectivity index (χ3v) is 4.94. The second-order valence-corrected chi connectivity index (χ2v) is 7.07. The predicted octanol–water partition coefficient (Wildman–Crippen LogP) is 2.79. The van der Waals surface area contributed by atoms with Crippen molar-refractivity contribution in [2.24, 2.45) is 5.92 Å². The maximum Gasteiger partial charge on any atom is 0.107 e. The Morgan fingerprint density at radius 3 is 2.89 bits per heavy atom. The molecule has 2 N–H and O–H groups in total. The summed E-state index contributed by atoms with van der Waals surface area (Å²) in [5, 5.41) is 15.0. The number of nitrogens with zero attached hydrogens (tertiary/aromatic N) is 1. The zero-order valence-corrected chi connectivity index (χ0v) is 12.4. The van der Waals surface area contributed by atoms with Crippen LogP contribution < -0.4 is 5.32 Å². The minimum Gasteiger partial charge on any atom is -0.389 e. The van der Waals surface area contributed by atoms with Gasteiger partial charge in [-0.25, -0.2) is 4.98 Å². The van der Waals surface area contributed by atoms with Crippen molar-refractivity contribution in [3.8, 4) is 0 Å². The van der Waals surface area contributed by atoms with Crippen LogP contribution in [0.5, 0.6) is 0 Å². The molecule has 1 aliphatic carbocycles. The number of thiazole rings is 1. The maximum absolute atomic E-state index is 10.5. The number of aromatic nitrogens is 1. The van der Waals surface area contributed by atoms with Crippen molar-refractivity contribution in [1.29, 1.82) is 0 Å². The van der Waals surface area contributed by atoms with Crippen LogP contribution in [-0.2, 0) is 6.54 Å². The van der Waals surface area contributed by atoms with E-state index in [-0.39, 0.29) is 0 Å². The van der Waals surface area contributed by atoms with Crippen LogP contribution in [0, 0.1) is 19.8 Å². The first kappa shape index (κ1) is 14.0. The molecule has 2 rings (SSSR count). The van der Waals surface area contributed by atoms with Gasteiger partial charge in [-0.3, -0.25) is 0 Å². The number of nitrogens with one attached hydrogen (secondary N) is 1. The topological polar surface area (TPSA) is 45.2 Å². The van der Waals surface area contributed by atoms with Gasteiger partial charge in [0.2, 0.25) is 0 Å². The number of hydrogen-bond acceptors (Lipinski definition) is 4.